The lowest BCUT2D eigenvalue weighted by Crippen LogP contribution is -2.13. The van der Waals surface area contributed by atoms with Crippen molar-refractivity contribution >= 4 is 0 Å². The molecule has 0 spiro atoms. The Bertz CT molecular complexity index is 571. The summed E-state index contributed by atoms with van der Waals surface area (Å²) in [7, 11) is 0. The molecule has 0 radical (unpaired) electrons. The van der Waals surface area contributed by atoms with Crippen LogP contribution in [0.15, 0.2) is 29.6 Å². The van der Waals surface area contributed by atoms with E-state index in [-0.39, 0.29) is 18.1 Å². The van der Waals surface area contributed by atoms with E-state index in [0.717, 1.165) is 5.69 Å². The Morgan fingerprint density at radius 1 is 1.29 bits per heavy atom. The molecule has 0 amide bonds. The van der Waals surface area contributed by atoms with Crippen molar-refractivity contribution in [2.75, 3.05) is 0 Å². The van der Waals surface area contributed by atoms with Gasteiger partial charge in [-0.15, -0.1) is 0 Å². The van der Waals surface area contributed by atoms with Gasteiger partial charge in [0.1, 0.15) is 5.69 Å². The number of aliphatic hydroxyl groups is 1. The van der Waals surface area contributed by atoms with E-state index in [1.165, 1.54) is 17.1 Å². The van der Waals surface area contributed by atoms with Gasteiger partial charge in [-0.1, -0.05) is 0 Å². The minimum atomic E-state index is -0.292. The summed E-state index contributed by atoms with van der Waals surface area (Å²) in [5.41, 5.74) is 0.811. The highest BCUT2D eigenvalue weighted by molar-refractivity contribution is 5.25. The lowest BCUT2D eigenvalue weighted by Gasteiger charge is -2.04. The maximum Gasteiger partial charge on any atom is 0.205 e. The molecule has 0 aliphatic rings. The van der Waals surface area contributed by atoms with Crippen LogP contribution in [0.1, 0.15) is 25.5 Å². The third-order valence-corrected chi connectivity index (χ3v) is 2.45. The number of nitrogens with zero attached hydrogens (tertiary/aromatic N) is 4. The van der Waals surface area contributed by atoms with E-state index < -0.39 is 0 Å². The molecule has 0 aromatic carbocycles. The quantitative estimate of drug-likeness (QED) is 0.839. The Hall–Kier alpha value is -1.95. The van der Waals surface area contributed by atoms with E-state index in [4.69, 9.17) is 5.11 Å². The van der Waals surface area contributed by atoms with Crippen molar-refractivity contribution < 1.29 is 5.11 Å². The van der Waals surface area contributed by atoms with Crippen LogP contribution < -0.4 is 5.43 Å². The van der Waals surface area contributed by atoms with Gasteiger partial charge in [0.25, 0.3) is 0 Å². The van der Waals surface area contributed by atoms with Crippen molar-refractivity contribution in [3.63, 3.8) is 0 Å². The van der Waals surface area contributed by atoms with Crippen molar-refractivity contribution in [1.29, 1.82) is 0 Å². The third kappa shape index (κ3) is 2.26. The highest BCUT2D eigenvalue weighted by atomic mass is 16.3. The number of hydrogen-bond donors (Lipinski definition) is 1. The van der Waals surface area contributed by atoms with Gasteiger partial charge in [-0.25, -0.2) is 4.68 Å². The van der Waals surface area contributed by atoms with Gasteiger partial charge in [0.2, 0.25) is 5.43 Å². The van der Waals surface area contributed by atoms with Crippen molar-refractivity contribution in [3.8, 4) is 5.69 Å². The molecule has 0 aliphatic carbocycles. The second-order valence-electron chi connectivity index (χ2n) is 4.04. The minimum Gasteiger partial charge on any atom is -0.391 e. The first-order valence-electron chi connectivity index (χ1n) is 5.35. The van der Waals surface area contributed by atoms with E-state index in [1.54, 1.807) is 10.9 Å². The average Bonchev–Trinajstić information content (AvgIpc) is 2.79. The molecule has 1 N–H and O–H groups in total. The smallest absolute Gasteiger partial charge is 0.205 e. The monoisotopic (exact) mass is 234 g/mol. The van der Waals surface area contributed by atoms with Crippen LogP contribution in [-0.4, -0.2) is 24.7 Å². The molecule has 0 unspecified atom stereocenters. The summed E-state index contributed by atoms with van der Waals surface area (Å²) < 4.78 is 3.33. The van der Waals surface area contributed by atoms with Crippen LogP contribution in [0, 0.1) is 0 Å². The highest BCUT2D eigenvalue weighted by Gasteiger charge is 2.05. The standard InChI is InChI=1S/C11H14N4O2/c1-8(2)14-6-10(3-12-14)15-5-9(7-16)11(17)4-13-15/h3-6,8,16H,7H2,1-2H3. The molecule has 2 aromatic rings. The van der Waals surface area contributed by atoms with Gasteiger partial charge in [-0.05, 0) is 13.8 Å². The van der Waals surface area contributed by atoms with Crippen molar-refractivity contribution in [3.05, 3.63) is 40.6 Å². The first-order valence-corrected chi connectivity index (χ1v) is 5.35. The molecular formula is C11H14N4O2. The zero-order valence-electron chi connectivity index (χ0n) is 9.74. The summed E-state index contributed by atoms with van der Waals surface area (Å²) in [6, 6.07) is 0.264. The van der Waals surface area contributed by atoms with Crippen LogP contribution in [0.4, 0.5) is 0 Å². The minimum absolute atomic E-state index is 0.264. The first kappa shape index (κ1) is 11.5. The topological polar surface area (TPSA) is 72.9 Å². The molecule has 6 heteroatoms. The maximum absolute atomic E-state index is 11.3. The van der Waals surface area contributed by atoms with Crippen LogP contribution in [0.2, 0.25) is 0 Å². The maximum atomic E-state index is 11.3. The summed E-state index contributed by atoms with van der Waals surface area (Å²) in [6.07, 6.45) is 6.21. The fourth-order valence-corrected chi connectivity index (χ4v) is 1.43. The number of rotatable bonds is 3. The van der Waals surface area contributed by atoms with Crippen LogP contribution in [0.25, 0.3) is 5.69 Å². The highest BCUT2D eigenvalue weighted by Crippen LogP contribution is 2.08. The molecule has 0 saturated heterocycles. The van der Waals surface area contributed by atoms with Crippen molar-refractivity contribution in [1.82, 2.24) is 19.6 Å². The third-order valence-electron chi connectivity index (χ3n) is 2.45. The Labute approximate surface area is 98.1 Å². The zero-order chi connectivity index (χ0) is 12.4. The van der Waals surface area contributed by atoms with Crippen LogP contribution in [0.3, 0.4) is 0 Å². The largest absolute Gasteiger partial charge is 0.391 e. The molecule has 17 heavy (non-hydrogen) atoms. The van der Waals surface area contributed by atoms with Gasteiger partial charge in [-0.2, -0.15) is 10.2 Å². The average molecular weight is 234 g/mol. The SMILES string of the molecule is CC(C)n1cc(-n2cc(CO)c(=O)cn2)cn1. The van der Waals surface area contributed by atoms with E-state index in [2.05, 4.69) is 10.2 Å². The summed E-state index contributed by atoms with van der Waals surface area (Å²) in [5, 5.41) is 17.2. The Kier molecular flexibility index (Phi) is 3.06. The second-order valence-corrected chi connectivity index (χ2v) is 4.04. The molecule has 2 rings (SSSR count). The van der Waals surface area contributed by atoms with Gasteiger partial charge in [-0.3, -0.25) is 9.48 Å². The molecular weight excluding hydrogens is 220 g/mol. The van der Waals surface area contributed by atoms with Crippen LogP contribution in [-0.2, 0) is 6.61 Å². The number of aliphatic hydroxyl groups excluding tert-OH is 1. The predicted molar refractivity (Wildman–Crippen MR) is 61.9 cm³/mol. The molecule has 0 fully saturated rings. The van der Waals surface area contributed by atoms with E-state index in [0.29, 0.717) is 5.56 Å². The molecule has 0 aliphatic heterocycles. The molecule has 2 aromatic heterocycles. The molecule has 6 nitrogen and oxygen atoms in total. The van der Waals surface area contributed by atoms with E-state index >= 15 is 0 Å². The molecule has 2 heterocycles. The summed E-state index contributed by atoms with van der Waals surface area (Å²) in [5.74, 6) is 0. The molecule has 0 bridgehead atoms. The Balaban J connectivity index is 2.42. The lowest BCUT2D eigenvalue weighted by atomic mass is 10.3. The predicted octanol–water partition coefficient (Wildman–Crippen LogP) is 0.502. The van der Waals surface area contributed by atoms with Gasteiger partial charge in [0.15, 0.2) is 0 Å². The van der Waals surface area contributed by atoms with Gasteiger partial charge in [0.05, 0.1) is 25.2 Å². The van der Waals surface area contributed by atoms with E-state index in [1.807, 2.05) is 20.0 Å². The van der Waals surface area contributed by atoms with Crippen molar-refractivity contribution in [2.45, 2.75) is 26.5 Å². The molecule has 0 atom stereocenters. The van der Waals surface area contributed by atoms with Crippen LogP contribution >= 0.6 is 0 Å². The second kappa shape index (κ2) is 4.50. The molecule has 90 valence electrons. The summed E-state index contributed by atoms with van der Waals surface area (Å²) in [4.78, 5) is 11.3. The zero-order valence-corrected chi connectivity index (χ0v) is 9.74. The lowest BCUT2D eigenvalue weighted by molar-refractivity contribution is 0.279. The number of hydrogen-bond acceptors (Lipinski definition) is 4. The summed E-state index contributed by atoms with van der Waals surface area (Å²) in [6.45, 7) is 3.75. The van der Waals surface area contributed by atoms with E-state index in [9.17, 15) is 4.79 Å². The van der Waals surface area contributed by atoms with Gasteiger partial charge >= 0.3 is 0 Å². The fourth-order valence-electron chi connectivity index (χ4n) is 1.43. The Morgan fingerprint density at radius 3 is 2.65 bits per heavy atom. The molecule has 0 saturated carbocycles. The normalized spacial score (nSPS) is 11.1. The Morgan fingerprint density at radius 2 is 2.06 bits per heavy atom. The number of aromatic nitrogens is 4. The summed E-state index contributed by atoms with van der Waals surface area (Å²) >= 11 is 0. The van der Waals surface area contributed by atoms with Gasteiger partial charge in [0, 0.05) is 17.8 Å². The van der Waals surface area contributed by atoms with Crippen LogP contribution in [0.5, 0.6) is 0 Å². The fraction of sp³-hybridized carbons (Fsp3) is 0.364. The van der Waals surface area contributed by atoms with Gasteiger partial charge < -0.3 is 5.11 Å². The van der Waals surface area contributed by atoms with Crippen molar-refractivity contribution in [2.24, 2.45) is 0 Å². The first-order chi connectivity index (χ1) is 8.11.